The number of amides is 1. The lowest BCUT2D eigenvalue weighted by atomic mass is 9.86. The Morgan fingerprint density at radius 2 is 1.84 bits per heavy atom. The molecule has 0 fully saturated rings. The van der Waals surface area contributed by atoms with Crippen LogP contribution in [-0.4, -0.2) is 43.0 Å². The molecule has 1 aromatic heterocycles. The predicted molar refractivity (Wildman–Crippen MR) is 104 cm³/mol. The van der Waals surface area contributed by atoms with Crippen LogP contribution in [0, 0.1) is 0 Å². The van der Waals surface area contributed by atoms with E-state index < -0.39 is 0 Å². The fraction of sp³-hybridized carbons (Fsp3) is 0.400. The van der Waals surface area contributed by atoms with Crippen molar-refractivity contribution in [3.05, 3.63) is 53.9 Å². The Kier molecular flexibility index (Phi) is 6.15. The molecule has 1 aromatic carbocycles. The van der Waals surface area contributed by atoms with E-state index in [1.807, 2.05) is 44.4 Å². The minimum Gasteiger partial charge on any atom is -0.383 e. The summed E-state index contributed by atoms with van der Waals surface area (Å²) in [5.41, 5.74) is 3.20. The Morgan fingerprint density at radius 1 is 1.12 bits per heavy atom. The number of nitrogens with zero attached hydrogens (tertiary/aromatic N) is 2. The van der Waals surface area contributed by atoms with E-state index in [0.29, 0.717) is 5.69 Å². The standard InChI is InChI=1S/C20H28N4O/c1-20(2,3)16-8-6-7-9-17(16)23-19(25)18-11-10-15(14-22-18)21-12-13-24(4)5/h6-11,14,21H,12-13H2,1-5H3,(H,23,25). The van der Waals surface area contributed by atoms with E-state index in [4.69, 9.17) is 0 Å². The number of anilines is 2. The lowest BCUT2D eigenvalue weighted by Crippen LogP contribution is -2.21. The van der Waals surface area contributed by atoms with Crippen molar-refractivity contribution in [1.82, 2.24) is 9.88 Å². The van der Waals surface area contributed by atoms with Crippen LogP contribution in [0.2, 0.25) is 0 Å². The molecular formula is C20H28N4O. The van der Waals surface area contributed by atoms with Gasteiger partial charge in [0.25, 0.3) is 5.91 Å². The first kappa shape index (κ1) is 18.9. The highest BCUT2D eigenvalue weighted by atomic mass is 16.1. The van der Waals surface area contributed by atoms with Gasteiger partial charge in [0.1, 0.15) is 5.69 Å². The average molecular weight is 340 g/mol. The summed E-state index contributed by atoms with van der Waals surface area (Å²) in [6, 6.07) is 11.5. The Morgan fingerprint density at radius 3 is 2.44 bits per heavy atom. The molecule has 0 atom stereocenters. The number of aromatic nitrogens is 1. The minimum absolute atomic E-state index is 0.0441. The summed E-state index contributed by atoms with van der Waals surface area (Å²) < 4.78 is 0. The molecule has 2 aromatic rings. The Hall–Kier alpha value is -2.40. The summed E-state index contributed by atoms with van der Waals surface area (Å²) in [4.78, 5) is 18.9. The summed E-state index contributed by atoms with van der Waals surface area (Å²) in [6.07, 6.45) is 1.69. The molecule has 0 aliphatic heterocycles. The second-order valence-electron chi connectivity index (χ2n) is 7.41. The number of benzene rings is 1. The maximum absolute atomic E-state index is 12.5. The first-order valence-electron chi connectivity index (χ1n) is 8.53. The lowest BCUT2D eigenvalue weighted by molar-refractivity contribution is 0.102. The molecule has 0 radical (unpaired) electrons. The number of rotatable bonds is 6. The molecule has 0 saturated carbocycles. The van der Waals surface area contributed by atoms with E-state index in [2.05, 4.69) is 41.3 Å². The summed E-state index contributed by atoms with van der Waals surface area (Å²) in [6.45, 7) is 8.16. The molecule has 0 unspecified atom stereocenters. The molecule has 25 heavy (non-hydrogen) atoms. The van der Waals surface area contributed by atoms with E-state index in [0.717, 1.165) is 30.0 Å². The van der Waals surface area contributed by atoms with Crippen LogP contribution in [0.3, 0.4) is 0 Å². The fourth-order valence-corrected chi connectivity index (χ4v) is 2.49. The molecule has 1 amide bonds. The SMILES string of the molecule is CN(C)CCNc1ccc(C(=O)Nc2ccccc2C(C)(C)C)nc1. The number of carbonyl (C=O) groups is 1. The van der Waals surface area contributed by atoms with Gasteiger partial charge in [0.15, 0.2) is 0 Å². The normalized spacial score (nSPS) is 11.4. The van der Waals surface area contributed by atoms with Gasteiger partial charge in [-0.2, -0.15) is 0 Å². The molecule has 2 rings (SSSR count). The predicted octanol–water partition coefficient (Wildman–Crippen LogP) is 3.60. The molecule has 2 N–H and O–H groups in total. The van der Waals surface area contributed by atoms with E-state index in [1.165, 1.54) is 0 Å². The summed E-state index contributed by atoms with van der Waals surface area (Å²) >= 11 is 0. The molecular weight excluding hydrogens is 312 g/mol. The van der Waals surface area contributed by atoms with Crippen LogP contribution in [0.25, 0.3) is 0 Å². The summed E-state index contributed by atoms with van der Waals surface area (Å²) in [7, 11) is 4.06. The largest absolute Gasteiger partial charge is 0.383 e. The molecule has 0 aliphatic rings. The smallest absolute Gasteiger partial charge is 0.274 e. The highest BCUT2D eigenvalue weighted by Gasteiger charge is 2.19. The van der Waals surface area contributed by atoms with E-state index >= 15 is 0 Å². The number of para-hydroxylation sites is 1. The van der Waals surface area contributed by atoms with Crippen molar-refractivity contribution in [3.63, 3.8) is 0 Å². The van der Waals surface area contributed by atoms with Gasteiger partial charge >= 0.3 is 0 Å². The third-order valence-corrected chi connectivity index (χ3v) is 3.87. The van der Waals surface area contributed by atoms with Crippen LogP contribution in [-0.2, 0) is 5.41 Å². The summed E-state index contributed by atoms with van der Waals surface area (Å²) in [5, 5.41) is 6.27. The molecule has 5 heteroatoms. The van der Waals surface area contributed by atoms with Gasteiger partial charge in [-0.25, -0.2) is 4.98 Å². The zero-order valence-corrected chi connectivity index (χ0v) is 15.8. The third kappa shape index (κ3) is 5.57. The number of pyridine rings is 1. The van der Waals surface area contributed by atoms with Crippen molar-refractivity contribution in [2.24, 2.45) is 0 Å². The summed E-state index contributed by atoms with van der Waals surface area (Å²) in [5.74, 6) is -0.198. The van der Waals surface area contributed by atoms with E-state index in [-0.39, 0.29) is 11.3 Å². The van der Waals surface area contributed by atoms with Gasteiger partial charge < -0.3 is 15.5 Å². The van der Waals surface area contributed by atoms with E-state index in [1.54, 1.807) is 12.3 Å². The highest BCUT2D eigenvalue weighted by molar-refractivity contribution is 6.03. The van der Waals surface area contributed by atoms with Crippen LogP contribution < -0.4 is 10.6 Å². The lowest BCUT2D eigenvalue weighted by Gasteiger charge is -2.22. The van der Waals surface area contributed by atoms with Crippen LogP contribution in [0.1, 0.15) is 36.8 Å². The number of hydrogen-bond acceptors (Lipinski definition) is 4. The quantitative estimate of drug-likeness (QED) is 0.843. The average Bonchev–Trinajstić information content (AvgIpc) is 2.54. The molecule has 0 bridgehead atoms. The van der Waals surface area contributed by atoms with Gasteiger partial charge in [-0.15, -0.1) is 0 Å². The van der Waals surface area contributed by atoms with Gasteiger partial charge in [0, 0.05) is 18.8 Å². The zero-order chi connectivity index (χ0) is 18.4. The Balaban J connectivity index is 2.05. The van der Waals surface area contributed by atoms with Crippen molar-refractivity contribution in [1.29, 1.82) is 0 Å². The van der Waals surface area contributed by atoms with Gasteiger partial charge in [-0.05, 0) is 43.3 Å². The van der Waals surface area contributed by atoms with Crippen LogP contribution in [0.15, 0.2) is 42.6 Å². The Bertz CT molecular complexity index is 702. The van der Waals surface area contributed by atoms with Crippen molar-refractivity contribution >= 4 is 17.3 Å². The van der Waals surface area contributed by atoms with Gasteiger partial charge in [0.2, 0.25) is 0 Å². The van der Waals surface area contributed by atoms with Crippen molar-refractivity contribution in [3.8, 4) is 0 Å². The second kappa shape index (κ2) is 8.12. The number of likely N-dealkylation sites (N-methyl/N-ethyl adjacent to an activating group) is 1. The molecule has 1 heterocycles. The van der Waals surface area contributed by atoms with Crippen molar-refractivity contribution < 1.29 is 4.79 Å². The van der Waals surface area contributed by atoms with Gasteiger partial charge in [0.05, 0.1) is 11.9 Å². The van der Waals surface area contributed by atoms with Crippen molar-refractivity contribution in [2.75, 3.05) is 37.8 Å². The molecule has 134 valence electrons. The van der Waals surface area contributed by atoms with Crippen LogP contribution >= 0.6 is 0 Å². The highest BCUT2D eigenvalue weighted by Crippen LogP contribution is 2.29. The number of carbonyl (C=O) groups excluding carboxylic acids is 1. The first-order valence-corrected chi connectivity index (χ1v) is 8.53. The number of nitrogens with one attached hydrogen (secondary N) is 2. The topological polar surface area (TPSA) is 57.3 Å². The third-order valence-electron chi connectivity index (χ3n) is 3.87. The molecule has 0 aliphatic carbocycles. The van der Waals surface area contributed by atoms with Gasteiger partial charge in [-0.1, -0.05) is 39.0 Å². The minimum atomic E-state index is -0.198. The second-order valence-corrected chi connectivity index (χ2v) is 7.41. The van der Waals surface area contributed by atoms with Crippen LogP contribution in [0.5, 0.6) is 0 Å². The number of hydrogen-bond donors (Lipinski definition) is 2. The monoisotopic (exact) mass is 340 g/mol. The van der Waals surface area contributed by atoms with Crippen molar-refractivity contribution in [2.45, 2.75) is 26.2 Å². The van der Waals surface area contributed by atoms with E-state index in [9.17, 15) is 4.79 Å². The fourth-order valence-electron chi connectivity index (χ4n) is 2.49. The maximum atomic E-state index is 12.5. The molecule has 5 nitrogen and oxygen atoms in total. The van der Waals surface area contributed by atoms with Crippen LogP contribution in [0.4, 0.5) is 11.4 Å². The first-order chi connectivity index (χ1) is 11.8. The maximum Gasteiger partial charge on any atom is 0.274 e. The van der Waals surface area contributed by atoms with Gasteiger partial charge in [-0.3, -0.25) is 4.79 Å². The Labute approximate surface area is 150 Å². The zero-order valence-electron chi connectivity index (χ0n) is 15.8. The molecule has 0 saturated heterocycles. The molecule has 0 spiro atoms.